The molecule has 0 unspecified atom stereocenters. The minimum atomic E-state index is 0.900. The molecule has 0 atom stereocenters. The molecule has 2 nitrogen and oxygen atoms in total. The van der Waals surface area contributed by atoms with Gasteiger partial charge in [0.15, 0.2) is 0 Å². The molecule has 0 spiro atoms. The second kappa shape index (κ2) is 12.5. The summed E-state index contributed by atoms with van der Waals surface area (Å²) in [5.41, 5.74) is 0. The zero-order chi connectivity index (χ0) is 12.0. The van der Waals surface area contributed by atoms with Gasteiger partial charge < -0.3 is 0 Å². The second-order valence-corrected chi connectivity index (χ2v) is 6.26. The van der Waals surface area contributed by atoms with Crippen molar-refractivity contribution >= 4 is 21.8 Å². The lowest BCUT2D eigenvalue weighted by Crippen LogP contribution is -1.83. The van der Waals surface area contributed by atoms with Gasteiger partial charge in [0.25, 0.3) is 0 Å². The first-order chi connectivity index (χ1) is 8.50. The van der Waals surface area contributed by atoms with E-state index in [0.29, 0.717) is 0 Å². The van der Waals surface area contributed by atoms with Crippen LogP contribution >= 0.6 is 21.8 Å². The van der Waals surface area contributed by atoms with Crippen molar-refractivity contribution in [1.82, 2.24) is 0 Å². The number of nitrogens with zero attached hydrogens (tertiary/aromatic N) is 2. The van der Waals surface area contributed by atoms with Crippen LogP contribution in [0.3, 0.4) is 0 Å². The lowest BCUT2D eigenvalue weighted by atomic mass is 10.1. The molecule has 1 heterocycles. The average Bonchev–Trinajstić information content (AvgIpc) is 2.35. The minimum absolute atomic E-state index is 0.900. The van der Waals surface area contributed by atoms with Crippen LogP contribution < -0.4 is 0 Å². The van der Waals surface area contributed by atoms with E-state index in [4.69, 9.17) is 0 Å². The summed E-state index contributed by atoms with van der Waals surface area (Å²) in [6.07, 6.45) is 15.8. The van der Waals surface area contributed by atoms with Gasteiger partial charge in [0, 0.05) is 0 Å². The molecule has 0 aromatic rings. The molecule has 0 aliphatic carbocycles. The maximum Gasteiger partial charge on any atom is 0.0716 e. The van der Waals surface area contributed by atoms with Crippen LogP contribution in [0.2, 0.25) is 0 Å². The lowest BCUT2D eigenvalue weighted by molar-refractivity contribution is 0.561. The summed E-state index contributed by atoms with van der Waals surface area (Å²) in [7, 11) is 3.15. The second-order valence-electron chi connectivity index (χ2n) is 4.46. The average molecular weight is 272 g/mol. The molecule has 0 aromatic carbocycles. The quantitative estimate of drug-likeness (QED) is 0.389. The highest BCUT2D eigenvalue weighted by atomic mass is 33.1. The highest BCUT2D eigenvalue weighted by Crippen LogP contribution is 2.24. The Morgan fingerprint density at radius 3 is 2.18 bits per heavy atom. The van der Waals surface area contributed by atoms with Gasteiger partial charge in [0.05, 0.1) is 17.5 Å². The summed E-state index contributed by atoms with van der Waals surface area (Å²) >= 11 is 0. The fourth-order valence-electron chi connectivity index (χ4n) is 1.90. The van der Waals surface area contributed by atoms with E-state index in [1.807, 2.05) is 0 Å². The topological polar surface area (TPSA) is 24.7 Å². The summed E-state index contributed by atoms with van der Waals surface area (Å²) in [6, 6.07) is 0. The maximum atomic E-state index is 4.15. The summed E-state index contributed by atoms with van der Waals surface area (Å²) in [5.74, 6) is 0. The van der Waals surface area contributed by atoms with E-state index < -0.39 is 0 Å². The van der Waals surface area contributed by atoms with Crippen molar-refractivity contribution in [3.8, 4) is 0 Å². The monoisotopic (exact) mass is 272 g/mol. The van der Waals surface area contributed by atoms with Gasteiger partial charge in [0.2, 0.25) is 0 Å². The molecule has 0 bridgehead atoms. The van der Waals surface area contributed by atoms with Gasteiger partial charge in [-0.2, -0.15) is 5.11 Å². The molecule has 1 aliphatic heterocycles. The van der Waals surface area contributed by atoms with E-state index in [0.717, 1.165) is 6.54 Å². The van der Waals surface area contributed by atoms with Crippen molar-refractivity contribution in [2.45, 2.75) is 64.2 Å². The van der Waals surface area contributed by atoms with Crippen molar-refractivity contribution in [1.29, 1.82) is 0 Å². The standard InChI is InChI=1S/C13H24N2S2/c1-2-4-6-8-10-12-14-15-17-16-13-11-9-7-5-3-1/h11,13H,1-10,12H2/b13-11-,15-14+. The molecule has 0 N–H and O–H groups in total. The molecule has 0 aromatic heterocycles. The van der Waals surface area contributed by atoms with Crippen molar-refractivity contribution in [3.63, 3.8) is 0 Å². The smallest absolute Gasteiger partial charge is 0.0716 e. The third-order valence-corrected chi connectivity index (χ3v) is 4.28. The Hall–Kier alpha value is 0.0400. The van der Waals surface area contributed by atoms with Crippen molar-refractivity contribution in [3.05, 3.63) is 11.5 Å². The van der Waals surface area contributed by atoms with Crippen LogP contribution in [0, 0.1) is 0 Å². The number of rotatable bonds is 0. The SMILES string of the molecule is C1=C\SS/N=N/CCCCCCCCCCC/1. The molecule has 1 rings (SSSR count). The molecule has 0 amide bonds. The Labute approximate surface area is 114 Å². The number of hydrogen-bond donors (Lipinski definition) is 0. The van der Waals surface area contributed by atoms with Gasteiger partial charge in [-0.25, -0.2) is 0 Å². The first kappa shape index (κ1) is 15.1. The van der Waals surface area contributed by atoms with Crippen LogP contribution in [0.25, 0.3) is 0 Å². The van der Waals surface area contributed by atoms with Crippen molar-refractivity contribution < 1.29 is 0 Å². The highest BCUT2D eigenvalue weighted by Gasteiger charge is 1.93. The number of hydrogen-bond acceptors (Lipinski definition) is 4. The predicted molar refractivity (Wildman–Crippen MR) is 80.2 cm³/mol. The summed E-state index contributed by atoms with van der Waals surface area (Å²) in [5, 5.41) is 6.29. The van der Waals surface area contributed by atoms with E-state index >= 15 is 0 Å². The Bertz CT molecular complexity index is 195. The van der Waals surface area contributed by atoms with Gasteiger partial charge in [-0.3, -0.25) is 0 Å². The van der Waals surface area contributed by atoms with Gasteiger partial charge >= 0.3 is 0 Å². The van der Waals surface area contributed by atoms with Crippen LogP contribution in [0.1, 0.15) is 64.2 Å². The fourth-order valence-corrected chi connectivity index (χ4v) is 2.97. The first-order valence-electron chi connectivity index (χ1n) is 6.84. The van der Waals surface area contributed by atoms with Crippen LogP contribution in [-0.2, 0) is 0 Å². The summed E-state index contributed by atoms with van der Waals surface area (Å²) < 4.78 is 4.07. The molecular weight excluding hydrogens is 248 g/mol. The van der Waals surface area contributed by atoms with E-state index in [1.54, 1.807) is 10.8 Å². The van der Waals surface area contributed by atoms with Gasteiger partial charge in [-0.05, 0) is 35.5 Å². The third kappa shape index (κ3) is 10.9. The Balaban J connectivity index is 2.13. The number of allylic oxidation sites excluding steroid dienone is 1. The highest BCUT2D eigenvalue weighted by molar-refractivity contribution is 8.77. The van der Waals surface area contributed by atoms with Crippen LogP contribution in [0.15, 0.2) is 21.1 Å². The van der Waals surface area contributed by atoms with E-state index in [2.05, 4.69) is 21.1 Å². The summed E-state index contributed by atoms with van der Waals surface area (Å²) in [6.45, 7) is 0.900. The zero-order valence-electron chi connectivity index (χ0n) is 10.6. The molecular formula is C13H24N2S2. The molecule has 0 saturated heterocycles. The zero-order valence-corrected chi connectivity index (χ0v) is 12.3. The lowest BCUT2D eigenvalue weighted by Gasteiger charge is -2.00. The van der Waals surface area contributed by atoms with E-state index in [9.17, 15) is 0 Å². The largest absolute Gasteiger partial charge is 0.181 e. The van der Waals surface area contributed by atoms with Gasteiger partial charge in [-0.15, -0.1) is 4.52 Å². The normalized spacial score (nSPS) is 25.9. The molecule has 0 radical (unpaired) electrons. The third-order valence-electron chi connectivity index (χ3n) is 2.91. The minimum Gasteiger partial charge on any atom is -0.181 e. The van der Waals surface area contributed by atoms with Gasteiger partial charge in [0.1, 0.15) is 0 Å². The van der Waals surface area contributed by atoms with Crippen LogP contribution in [-0.4, -0.2) is 6.54 Å². The maximum absolute atomic E-state index is 4.15. The van der Waals surface area contributed by atoms with Gasteiger partial charge in [-0.1, -0.05) is 51.0 Å². The predicted octanol–water partition coefficient (Wildman–Crippen LogP) is 6.16. The van der Waals surface area contributed by atoms with Crippen LogP contribution in [0.4, 0.5) is 0 Å². The Morgan fingerprint density at radius 1 is 0.765 bits per heavy atom. The molecule has 1 aliphatic rings. The summed E-state index contributed by atoms with van der Waals surface area (Å²) in [4.78, 5) is 0. The Morgan fingerprint density at radius 2 is 1.41 bits per heavy atom. The fraction of sp³-hybridized carbons (Fsp3) is 0.846. The Kier molecular flexibility index (Phi) is 11.1. The van der Waals surface area contributed by atoms with E-state index in [-0.39, 0.29) is 0 Å². The van der Waals surface area contributed by atoms with Crippen molar-refractivity contribution in [2.24, 2.45) is 9.63 Å². The molecule has 4 heteroatoms. The van der Waals surface area contributed by atoms with E-state index in [1.165, 1.54) is 75.2 Å². The molecule has 0 fully saturated rings. The first-order valence-corrected chi connectivity index (χ1v) is 9.01. The molecule has 98 valence electrons. The van der Waals surface area contributed by atoms with Crippen LogP contribution in [0.5, 0.6) is 0 Å². The molecule has 0 saturated carbocycles. The van der Waals surface area contributed by atoms with Crippen molar-refractivity contribution in [2.75, 3.05) is 6.54 Å². The molecule has 17 heavy (non-hydrogen) atoms.